The van der Waals surface area contributed by atoms with Crippen molar-refractivity contribution >= 4 is 52.4 Å². The molecule has 6 rings (SSSR count). The number of carbonyl (C=O) groups excluding carboxylic acids is 2. The van der Waals surface area contributed by atoms with Gasteiger partial charge in [0.05, 0.1) is 23.8 Å². The molecule has 234 valence electrons. The first kappa shape index (κ1) is 30.6. The minimum atomic E-state index is -1.39. The van der Waals surface area contributed by atoms with Gasteiger partial charge in [0.15, 0.2) is 10.8 Å². The third kappa shape index (κ3) is 6.00. The Labute approximate surface area is 265 Å². The summed E-state index contributed by atoms with van der Waals surface area (Å²) in [5.41, 5.74) is 0.970. The van der Waals surface area contributed by atoms with Crippen LogP contribution in [0.15, 0.2) is 64.2 Å². The van der Waals surface area contributed by atoms with Crippen molar-refractivity contribution in [2.24, 2.45) is 4.99 Å². The van der Waals surface area contributed by atoms with Crippen LogP contribution in [-0.2, 0) is 9.53 Å². The Morgan fingerprint density at radius 1 is 1.18 bits per heavy atom. The number of aromatic nitrogens is 1. The van der Waals surface area contributed by atoms with Gasteiger partial charge in [-0.2, -0.15) is 0 Å². The number of anilines is 1. The van der Waals surface area contributed by atoms with Crippen LogP contribution in [0.2, 0.25) is 5.02 Å². The van der Waals surface area contributed by atoms with Crippen LogP contribution in [0.4, 0.5) is 19.3 Å². The molecule has 0 aliphatic carbocycles. The van der Waals surface area contributed by atoms with Gasteiger partial charge < -0.3 is 20.1 Å². The Hall–Kier alpha value is -4.40. The summed E-state index contributed by atoms with van der Waals surface area (Å²) in [6.45, 7) is 3.61. The first-order valence-electron chi connectivity index (χ1n) is 14.1. The number of amides is 2. The third-order valence-corrected chi connectivity index (χ3v) is 8.93. The van der Waals surface area contributed by atoms with Crippen molar-refractivity contribution in [3.63, 3.8) is 0 Å². The minimum Gasteiger partial charge on any atom is -0.478 e. The van der Waals surface area contributed by atoms with E-state index in [4.69, 9.17) is 26.4 Å². The molecule has 0 unspecified atom stereocenters. The number of nitrogens with zero attached hydrogens (tertiary/aromatic N) is 5. The van der Waals surface area contributed by atoms with E-state index in [1.165, 1.54) is 40.5 Å². The number of esters is 1. The SMILES string of the molecule is CCOC(=O)C1=C(CN2CCN3C(=O)N(c4ccc(C(=O)O)c(F)c4)C[C@@H]3C2)NC(c2nccs2)=N[C@H]1c1ccc(F)cc1Cl. The van der Waals surface area contributed by atoms with E-state index in [0.29, 0.717) is 41.7 Å². The van der Waals surface area contributed by atoms with Crippen molar-refractivity contribution < 1.29 is 33.0 Å². The van der Waals surface area contributed by atoms with Gasteiger partial charge >= 0.3 is 18.0 Å². The van der Waals surface area contributed by atoms with Gasteiger partial charge in [0.1, 0.15) is 17.7 Å². The number of hydrogen-bond acceptors (Lipinski definition) is 9. The number of urea groups is 1. The summed E-state index contributed by atoms with van der Waals surface area (Å²) >= 11 is 7.83. The molecule has 2 amide bonds. The van der Waals surface area contributed by atoms with Crippen molar-refractivity contribution in [1.82, 2.24) is 20.1 Å². The monoisotopic (exact) mass is 656 g/mol. The second-order valence-corrected chi connectivity index (χ2v) is 11.9. The molecule has 2 fully saturated rings. The Bertz CT molecular complexity index is 1740. The smallest absolute Gasteiger partial charge is 0.338 e. The zero-order valence-corrected chi connectivity index (χ0v) is 25.4. The lowest BCUT2D eigenvalue weighted by Gasteiger charge is -2.38. The molecule has 0 radical (unpaired) electrons. The molecular weight excluding hydrogens is 630 g/mol. The number of fused-ring (bicyclic) bond motifs is 1. The number of carboxylic acid groups (broad SMARTS) is 1. The molecule has 45 heavy (non-hydrogen) atoms. The largest absolute Gasteiger partial charge is 0.478 e. The summed E-state index contributed by atoms with van der Waals surface area (Å²) in [5, 5.41) is 14.9. The van der Waals surface area contributed by atoms with Gasteiger partial charge in [0, 0.05) is 66.3 Å². The van der Waals surface area contributed by atoms with Gasteiger partial charge in [-0.3, -0.25) is 14.8 Å². The number of aliphatic imine (C=N–C) groups is 1. The summed E-state index contributed by atoms with van der Waals surface area (Å²) in [6, 6.07) is 6.09. The molecule has 3 aliphatic heterocycles. The molecule has 2 saturated heterocycles. The number of carboxylic acids is 1. The molecule has 2 N–H and O–H groups in total. The van der Waals surface area contributed by atoms with Crippen LogP contribution in [-0.4, -0.2) is 89.1 Å². The average Bonchev–Trinajstić information content (AvgIpc) is 3.65. The Morgan fingerprint density at radius 3 is 2.69 bits per heavy atom. The summed E-state index contributed by atoms with van der Waals surface area (Å²) in [7, 11) is 0. The Kier molecular flexibility index (Phi) is 8.53. The number of nitrogens with one attached hydrogen (secondary N) is 1. The van der Waals surface area contributed by atoms with Crippen molar-refractivity contribution in [2.45, 2.75) is 19.0 Å². The number of amidine groups is 1. The van der Waals surface area contributed by atoms with E-state index in [1.54, 1.807) is 23.4 Å². The third-order valence-electron chi connectivity index (χ3n) is 7.83. The maximum Gasteiger partial charge on any atom is 0.338 e. The second kappa shape index (κ2) is 12.5. The zero-order chi connectivity index (χ0) is 31.8. The highest BCUT2D eigenvalue weighted by Gasteiger charge is 2.42. The minimum absolute atomic E-state index is 0.108. The standard InChI is InChI=1S/C30H27ClF2N6O5S/c1-2-44-29(42)24-23(35-26(27-34-7-10-45-27)36-25(24)19-5-3-16(32)11-21(19)31)15-37-8-9-38-18(13-37)14-39(30(38)43)17-4-6-20(28(40)41)22(33)12-17/h3-7,10-12,18,25H,2,8-9,13-15H2,1H3,(H,35,36)(H,40,41)/t18-,25-/m0/s1. The van der Waals surface area contributed by atoms with E-state index in [1.807, 2.05) is 0 Å². The van der Waals surface area contributed by atoms with Crippen LogP contribution in [0.5, 0.6) is 0 Å². The lowest BCUT2D eigenvalue weighted by atomic mass is 9.95. The highest BCUT2D eigenvalue weighted by atomic mass is 35.5. The van der Waals surface area contributed by atoms with Crippen molar-refractivity contribution in [1.29, 1.82) is 0 Å². The van der Waals surface area contributed by atoms with Crippen LogP contribution in [0.3, 0.4) is 0 Å². The molecule has 2 aromatic carbocycles. The van der Waals surface area contributed by atoms with Gasteiger partial charge in [-0.15, -0.1) is 11.3 Å². The van der Waals surface area contributed by atoms with Crippen LogP contribution < -0.4 is 10.2 Å². The average molecular weight is 657 g/mol. The molecule has 15 heteroatoms. The molecule has 4 heterocycles. The lowest BCUT2D eigenvalue weighted by Crippen LogP contribution is -2.53. The van der Waals surface area contributed by atoms with Gasteiger partial charge in [-0.25, -0.2) is 28.1 Å². The molecular formula is C30H27ClF2N6O5S. The molecule has 11 nitrogen and oxygen atoms in total. The topological polar surface area (TPSA) is 128 Å². The van der Waals surface area contributed by atoms with Crippen molar-refractivity contribution in [2.75, 3.05) is 44.2 Å². The van der Waals surface area contributed by atoms with Crippen molar-refractivity contribution in [3.8, 4) is 0 Å². The fraction of sp³-hybridized carbons (Fsp3) is 0.300. The van der Waals surface area contributed by atoms with Gasteiger partial charge in [0.2, 0.25) is 0 Å². The van der Waals surface area contributed by atoms with Crippen LogP contribution >= 0.6 is 22.9 Å². The summed E-state index contributed by atoms with van der Waals surface area (Å²) in [5.74, 6) is -3.01. The fourth-order valence-corrected chi connectivity index (χ4v) is 6.63. The maximum atomic E-state index is 14.4. The lowest BCUT2D eigenvalue weighted by molar-refractivity contribution is -0.139. The van der Waals surface area contributed by atoms with Gasteiger partial charge in [0.25, 0.3) is 0 Å². The van der Waals surface area contributed by atoms with Crippen LogP contribution in [0, 0.1) is 11.6 Å². The predicted octanol–water partition coefficient (Wildman–Crippen LogP) is 4.31. The quantitative estimate of drug-likeness (QED) is 0.344. The van der Waals surface area contributed by atoms with E-state index in [0.717, 1.165) is 12.1 Å². The van der Waals surface area contributed by atoms with E-state index in [9.17, 15) is 23.2 Å². The summed E-state index contributed by atoms with van der Waals surface area (Å²) < 4.78 is 33.9. The summed E-state index contributed by atoms with van der Waals surface area (Å²) in [4.78, 5) is 52.3. The Morgan fingerprint density at radius 2 is 2.00 bits per heavy atom. The zero-order valence-electron chi connectivity index (χ0n) is 23.9. The molecule has 3 aromatic rings. The predicted molar refractivity (Wildman–Crippen MR) is 163 cm³/mol. The number of piperazine rings is 1. The molecule has 1 aromatic heterocycles. The Balaban J connectivity index is 1.30. The number of halogens is 3. The first-order chi connectivity index (χ1) is 21.6. The molecule has 0 spiro atoms. The number of rotatable bonds is 8. The van der Waals surface area contributed by atoms with Gasteiger partial charge in [-0.05, 0) is 37.3 Å². The highest BCUT2D eigenvalue weighted by molar-refractivity contribution is 7.11. The number of ether oxygens (including phenoxy) is 1. The highest BCUT2D eigenvalue weighted by Crippen LogP contribution is 2.37. The van der Waals surface area contributed by atoms with E-state index in [2.05, 4.69) is 15.2 Å². The number of carbonyl (C=O) groups is 3. The van der Waals surface area contributed by atoms with E-state index >= 15 is 0 Å². The fourth-order valence-electron chi connectivity index (χ4n) is 5.77. The number of aromatic carboxylic acids is 1. The molecule has 0 saturated carbocycles. The number of hydrogen-bond donors (Lipinski definition) is 2. The number of benzene rings is 2. The molecule has 3 aliphatic rings. The molecule has 0 bridgehead atoms. The van der Waals surface area contributed by atoms with Crippen LogP contribution in [0.25, 0.3) is 0 Å². The first-order valence-corrected chi connectivity index (χ1v) is 15.3. The maximum absolute atomic E-state index is 14.4. The van der Waals surface area contributed by atoms with E-state index in [-0.39, 0.29) is 48.1 Å². The summed E-state index contributed by atoms with van der Waals surface area (Å²) in [6.07, 6.45) is 1.64. The number of thiazole rings is 1. The second-order valence-electron chi connectivity index (χ2n) is 10.6. The normalized spacial score (nSPS) is 20.2. The molecule has 2 atom stereocenters. The van der Waals surface area contributed by atoms with Crippen molar-refractivity contribution in [3.05, 3.63) is 92.0 Å². The van der Waals surface area contributed by atoms with Crippen LogP contribution in [0.1, 0.15) is 33.9 Å². The van der Waals surface area contributed by atoms with E-state index < -0.39 is 35.2 Å². The van der Waals surface area contributed by atoms with Gasteiger partial charge in [-0.1, -0.05) is 17.7 Å².